The molecule has 0 aliphatic rings. The van der Waals surface area contributed by atoms with Gasteiger partial charge in [-0.2, -0.15) is 11.8 Å². The summed E-state index contributed by atoms with van der Waals surface area (Å²) in [5.74, 6) is 0.380. The van der Waals surface area contributed by atoms with Crippen molar-refractivity contribution in [2.24, 2.45) is 0 Å². The van der Waals surface area contributed by atoms with E-state index in [0.29, 0.717) is 18.5 Å². The summed E-state index contributed by atoms with van der Waals surface area (Å²) in [4.78, 5) is 10.4. The van der Waals surface area contributed by atoms with E-state index in [0.717, 1.165) is 12.2 Å². The lowest BCUT2D eigenvalue weighted by molar-refractivity contribution is -0.137. The molecule has 0 aliphatic carbocycles. The summed E-state index contributed by atoms with van der Waals surface area (Å²) in [6.45, 7) is 4.20. The Kier molecular flexibility index (Phi) is 7.99. The van der Waals surface area contributed by atoms with Crippen molar-refractivity contribution in [1.29, 1.82) is 0 Å². The monoisotopic (exact) mass is 219 g/mol. The van der Waals surface area contributed by atoms with Gasteiger partial charge in [-0.15, -0.1) is 0 Å². The van der Waals surface area contributed by atoms with Gasteiger partial charge >= 0.3 is 5.97 Å². The van der Waals surface area contributed by atoms with Gasteiger partial charge in [0, 0.05) is 24.3 Å². The van der Waals surface area contributed by atoms with Crippen LogP contribution in [0.3, 0.4) is 0 Å². The number of carboxylic acid groups (broad SMARTS) is 1. The van der Waals surface area contributed by atoms with Crippen molar-refractivity contribution in [3.8, 4) is 0 Å². The fourth-order valence-corrected chi connectivity index (χ4v) is 2.04. The molecule has 2 N–H and O–H groups in total. The van der Waals surface area contributed by atoms with Gasteiger partial charge in [0.15, 0.2) is 0 Å². The zero-order valence-electron chi connectivity index (χ0n) is 9.25. The lowest BCUT2D eigenvalue weighted by Gasteiger charge is -2.21. The highest BCUT2D eigenvalue weighted by atomic mass is 32.2. The maximum atomic E-state index is 10.4. The summed E-state index contributed by atoms with van der Waals surface area (Å²) in [5.41, 5.74) is 0. The van der Waals surface area contributed by atoms with Crippen molar-refractivity contribution in [3.63, 3.8) is 0 Å². The molecule has 84 valence electrons. The molecule has 0 aliphatic heterocycles. The molecule has 0 radical (unpaired) electrons. The largest absolute Gasteiger partial charge is 0.481 e. The van der Waals surface area contributed by atoms with Crippen LogP contribution in [0.4, 0.5) is 0 Å². The van der Waals surface area contributed by atoms with Gasteiger partial charge in [-0.1, -0.05) is 6.92 Å². The smallest absolute Gasteiger partial charge is 0.303 e. The lowest BCUT2D eigenvalue weighted by atomic mass is 10.1. The number of rotatable bonds is 8. The van der Waals surface area contributed by atoms with E-state index in [1.807, 2.05) is 18.7 Å². The first-order valence-electron chi connectivity index (χ1n) is 5.06. The second-order valence-corrected chi connectivity index (χ2v) is 4.47. The molecule has 0 heterocycles. The zero-order chi connectivity index (χ0) is 11.0. The average molecular weight is 219 g/mol. The Labute approximate surface area is 90.7 Å². The fourth-order valence-electron chi connectivity index (χ4n) is 1.31. The Morgan fingerprint density at radius 3 is 2.64 bits per heavy atom. The third kappa shape index (κ3) is 7.21. The molecule has 0 saturated heterocycles. The standard InChI is InChI=1S/C10H21NO2S/c1-4-9(7-14-3)11-8(2)5-6-10(12)13/h8-9,11H,4-7H2,1-3H3,(H,12,13). The van der Waals surface area contributed by atoms with Crippen LogP contribution < -0.4 is 5.32 Å². The molecule has 0 aromatic rings. The highest BCUT2D eigenvalue weighted by Gasteiger charge is 2.10. The molecule has 2 unspecified atom stereocenters. The molecule has 0 saturated carbocycles. The van der Waals surface area contributed by atoms with Crippen LogP contribution in [0.5, 0.6) is 0 Å². The minimum absolute atomic E-state index is 0.254. The summed E-state index contributed by atoms with van der Waals surface area (Å²) in [7, 11) is 0. The molecule has 4 heteroatoms. The molecule has 0 amide bonds. The quantitative estimate of drug-likeness (QED) is 0.655. The third-order valence-corrected chi connectivity index (χ3v) is 2.91. The van der Waals surface area contributed by atoms with Crippen LogP contribution in [0.15, 0.2) is 0 Å². The molecule has 3 nitrogen and oxygen atoms in total. The van der Waals surface area contributed by atoms with Crippen molar-refractivity contribution in [1.82, 2.24) is 5.32 Å². The molecule has 0 rings (SSSR count). The second kappa shape index (κ2) is 8.12. The topological polar surface area (TPSA) is 49.3 Å². The number of carbonyl (C=O) groups is 1. The maximum Gasteiger partial charge on any atom is 0.303 e. The molecular formula is C10H21NO2S. The van der Waals surface area contributed by atoms with Gasteiger partial charge in [0.1, 0.15) is 0 Å². The Morgan fingerprint density at radius 2 is 2.21 bits per heavy atom. The summed E-state index contributed by atoms with van der Waals surface area (Å²) >= 11 is 1.82. The predicted molar refractivity (Wildman–Crippen MR) is 61.9 cm³/mol. The van der Waals surface area contributed by atoms with Gasteiger partial charge in [0.25, 0.3) is 0 Å². The highest BCUT2D eigenvalue weighted by molar-refractivity contribution is 7.98. The van der Waals surface area contributed by atoms with Crippen LogP contribution in [0.2, 0.25) is 0 Å². The molecule has 14 heavy (non-hydrogen) atoms. The summed E-state index contributed by atoms with van der Waals surface area (Å²) < 4.78 is 0. The molecular weight excluding hydrogens is 198 g/mol. The van der Waals surface area contributed by atoms with E-state index in [9.17, 15) is 4.79 Å². The van der Waals surface area contributed by atoms with E-state index in [4.69, 9.17) is 5.11 Å². The molecule has 0 aromatic carbocycles. The highest BCUT2D eigenvalue weighted by Crippen LogP contribution is 2.04. The second-order valence-electron chi connectivity index (χ2n) is 3.56. The normalized spacial score (nSPS) is 15.1. The number of carboxylic acids is 1. The van der Waals surface area contributed by atoms with Crippen LogP contribution in [0.1, 0.15) is 33.1 Å². The van der Waals surface area contributed by atoms with E-state index < -0.39 is 5.97 Å². The Morgan fingerprint density at radius 1 is 1.57 bits per heavy atom. The van der Waals surface area contributed by atoms with Gasteiger partial charge in [-0.3, -0.25) is 4.79 Å². The van der Waals surface area contributed by atoms with E-state index in [2.05, 4.69) is 18.5 Å². The van der Waals surface area contributed by atoms with Crippen molar-refractivity contribution < 1.29 is 9.90 Å². The number of nitrogens with one attached hydrogen (secondary N) is 1. The van der Waals surface area contributed by atoms with Crippen molar-refractivity contribution in [2.75, 3.05) is 12.0 Å². The summed E-state index contributed by atoms with van der Waals surface area (Å²) in [5, 5.41) is 12.0. The van der Waals surface area contributed by atoms with E-state index in [1.165, 1.54) is 0 Å². The first-order valence-corrected chi connectivity index (χ1v) is 6.46. The molecule has 0 aromatic heterocycles. The molecule has 0 spiro atoms. The number of aliphatic carboxylic acids is 1. The average Bonchev–Trinajstić information content (AvgIpc) is 2.14. The lowest BCUT2D eigenvalue weighted by Crippen LogP contribution is -2.38. The van der Waals surface area contributed by atoms with Gasteiger partial charge < -0.3 is 10.4 Å². The first-order chi connectivity index (χ1) is 6.60. The minimum atomic E-state index is -0.712. The number of thioether (sulfide) groups is 1. The number of hydrogen-bond donors (Lipinski definition) is 2. The molecule has 0 bridgehead atoms. The first kappa shape index (κ1) is 13.8. The van der Waals surface area contributed by atoms with E-state index in [-0.39, 0.29) is 6.42 Å². The molecule has 0 fully saturated rings. The van der Waals surface area contributed by atoms with Crippen LogP contribution in [-0.2, 0) is 4.79 Å². The van der Waals surface area contributed by atoms with Gasteiger partial charge in [0.05, 0.1) is 0 Å². The maximum absolute atomic E-state index is 10.4. The van der Waals surface area contributed by atoms with Crippen LogP contribution in [0.25, 0.3) is 0 Å². The molecule has 2 atom stereocenters. The van der Waals surface area contributed by atoms with Gasteiger partial charge in [-0.05, 0) is 26.0 Å². The van der Waals surface area contributed by atoms with Crippen molar-refractivity contribution >= 4 is 17.7 Å². The summed E-state index contributed by atoms with van der Waals surface area (Å²) in [6, 6.07) is 0.803. The third-order valence-electron chi connectivity index (χ3n) is 2.17. The Bertz CT molecular complexity index is 164. The fraction of sp³-hybridized carbons (Fsp3) is 0.900. The van der Waals surface area contributed by atoms with Crippen molar-refractivity contribution in [2.45, 2.75) is 45.2 Å². The zero-order valence-corrected chi connectivity index (χ0v) is 10.1. The van der Waals surface area contributed by atoms with Crippen LogP contribution >= 0.6 is 11.8 Å². The minimum Gasteiger partial charge on any atom is -0.481 e. The summed E-state index contributed by atoms with van der Waals surface area (Å²) in [6.07, 6.45) is 4.15. The number of hydrogen-bond acceptors (Lipinski definition) is 3. The van der Waals surface area contributed by atoms with Gasteiger partial charge in [-0.25, -0.2) is 0 Å². The van der Waals surface area contributed by atoms with Crippen molar-refractivity contribution in [3.05, 3.63) is 0 Å². The predicted octanol–water partition coefficient (Wildman–Crippen LogP) is 1.97. The van der Waals surface area contributed by atoms with E-state index in [1.54, 1.807) is 0 Å². The Balaban J connectivity index is 3.66. The van der Waals surface area contributed by atoms with Gasteiger partial charge in [0.2, 0.25) is 0 Å². The SMILES string of the molecule is CCC(CSC)NC(C)CCC(=O)O. The van der Waals surface area contributed by atoms with Crippen LogP contribution in [0, 0.1) is 0 Å². The van der Waals surface area contributed by atoms with E-state index >= 15 is 0 Å². The van der Waals surface area contributed by atoms with Crippen LogP contribution in [-0.4, -0.2) is 35.2 Å². The Hall–Kier alpha value is -0.220.